The van der Waals surface area contributed by atoms with E-state index < -0.39 is 15.1 Å². The van der Waals surface area contributed by atoms with E-state index in [-0.39, 0.29) is 17.3 Å². The summed E-state index contributed by atoms with van der Waals surface area (Å²) in [5.41, 5.74) is 2.03. The summed E-state index contributed by atoms with van der Waals surface area (Å²) < 4.78 is 26.4. The normalized spacial score (nSPS) is 12.3. The molecule has 0 aliphatic carbocycles. The lowest BCUT2D eigenvalue weighted by Gasteiger charge is -2.19. The lowest BCUT2D eigenvalue weighted by molar-refractivity contribution is 0.0953. The zero-order valence-electron chi connectivity index (χ0n) is 15.0. The third-order valence-electron chi connectivity index (χ3n) is 4.46. The lowest BCUT2D eigenvalue weighted by Crippen LogP contribution is -2.32. The zero-order valence-corrected chi connectivity index (χ0v) is 15.8. The minimum absolute atomic E-state index is 0.00555. The highest BCUT2D eigenvalue weighted by atomic mass is 32.2. The Morgan fingerprint density at radius 2 is 1.41 bits per heavy atom. The molecule has 138 valence electrons. The van der Waals surface area contributed by atoms with Crippen LogP contribution in [0.2, 0.25) is 0 Å². The quantitative estimate of drug-likeness (QED) is 0.706. The molecule has 0 saturated heterocycles. The Morgan fingerprint density at radius 1 is 0.852 bits per heavy atom. The molecule has 0 heterocycles. The highest BCUT2D eigenvalue weighted by molar-refractivity contribution is 7.91. The number of aryl methyl sites for hydroxylation is 1. The van der Waals surface area contributed by atoms with E-state index in [1.165, 1.54) is 0 Å². The summed E-state index contributed by atoms with van der Waals surface area (Å²) in [5, 5.41) is 1.93. The van der Waals surface area contributed by atoms with Gasteiger partial charge in [-0.05, 0) is 36.2 Å². The van der Waals surface area contributed by atoms with E-state index in [1.54, 1.807) is 66.7 Å². The Kier molecular flexibility index (Phi) is 5.72. The number of benzene rings is 3. The topological polar surface area (TPSA) is 63.2 Å². The fourth-order valence-electron chi connectivity index (χ4n) is 2.96. The average molecular weight is 379 g/mol. The molecule has 0 fully saturated rings. The van der Waals surface area contributed by atoms with Crippen LogP contribution in [0.25, 0.3) is 0 Å². The molecule has 1 atom stereocenters. The zero-order chi connectivity index (χ0) is 19.3. The average Bonchev–Trinajstić information content (AvgIpc) is 2.69. The van der Waals surface area contributed by atoms with E-state index in [0.717, 1.165) is 5.56 Å². The SMILES string of the molecule is Cc1ccccc1C(=O)NC[C@H](c1ccccc1)S(=O)(=O)c1ccccc1. The summed E-state index contributed by atoms with van der Waals surface area (Å²) >= 11 is 0. The number of rotatable bonds is 6. The molecular formula is C22H21NO3S. The lowest BCUT2D eigenvalue weighted by atomic mass is 10.1. The summed E-state index contributed by atoms with van der Waals surface area (Å²) in [6.07, 6.45) is 0. The first-order valence-electron chi connectivity index (χ1n) is 8.68. The van der Waals surface area contributed by atoms with Crippen LogP contribution >= 0.6 is 0 Å². The fraction of sp³-hybridized carbons (Fsp3) is 0.136. The van der Waals surface area contributed by atoms with Gasteiger partial charge in [0.1, 0.15) is 5.25 Å². The van der Waals surface area contributed by atoms with Crippen molar-refractivity contribution in [2.45, 2.75) is 17.1 Å². The van der Waals surface area contributed by atoms with Gasteiger partial charge in [-0.1, -0.05) is 66.7 Å². The van der Waals surface area contributed by atoms with Crippen molar-refractivity contribution in [1.82, 2.24) is 5.32 Å². The molecule has 27 heavy (non-hydrogen) atoms. The van der Waals surface area contributed by atoms with Gasteiger partial charge in [-0.15, -0.1) is 0 Å². The van der Waals surface area contributed by atoms with E-state index in [0.29, 0.717) is 11.1 Å². The maximum absolute atomic E-state index is 13.2. The maximum atomic E-state index is 13.2. The smallest absolute Gasteiger partial charge is 0.251 e. The van der Waals surface area contributed by atoms with Crippen molar-refractivity contribution in [3.63, 3.8) is 0 Å². The highest BCUT2D eigenvalue weighted by Crippen LogP contribution is 2.28. The molecule has 4 nitrogen and oxygen atoms in total. The van der Waals surface area contributed by atoms with Crippen LogP contribution in [0.5, 0.6) is 0 Å². The molecule has 5 heteroatoms. The number of carbonyl (C=O) groups excluding carboxylic acids is 1. The monoisotopic (exact) mass is 379 g/mol. The van der Waals surface area contributed by atoms with Crippen LogP contribution in [0.1, 0.15) is 26.7 Å². The molecule has 1 amide bonds. The second-order valence-electron chi connectivity index (χ2n) is 6.28. The van der Waals surface area contributed by atoms with Gasteiger partial charge in [-0.25, -0.2) is 8.42 Å². The second-order valence-corrected chi connectivity index (χ2v) is 8.41. The van der Waals surface area contributed by atoms with Crippen LogP contribution in [0.15, 0.2) is 89.8 Å². The second kappa shape index (κ2) is 8.18. The van der Waals surface area contributed by atoms with Gasteiger partial charge in [0.25, 0.3) is 5.91 Å². The first-order valence-corrected chi connectivity index (χ1v) is 10.2. The predicted molar refractivity (Wildman–Crippen MR) is 106 cm³/mol. The molecular weight excluding hydrogens is 358 g/mol. The van der Waals surface area contributed by atoms with E-state index in [2.05, 4.69) is 5.32 Å². The number of hydrogen-bond donors (Lipinski definition) is 1. The maximum Gasteiger partial charge on any atom is 0.251 e. The summed E-state index contributed by atoms with van der Waals surface area (Å²) in [6.45, 7) is 1.85. The van der Waals surface area contributed by atoms with Crippen molar-refractivity contribution in [3.8, 4) is 0 Å². The number of nitrogens with one attached hydrogen (secondary N) is 1. The van der Waals surface area contributed by atoms with Gasteiger partial charge in [-0.2, -0.15) is 0 Å². The third-order valence-corrected chi connectivity index (χ3v) is 6.57. The molecule has 3 rings (SSSR count). The van der Waals surface area contributed by atoms with E-state index in [4.69, 9.17) is 0 Å². The molecule has 0 bridgehead atoms. The Morgan fingerprint density at radius 3 is 2.04 bits per heavy atom. The summed E-state index contributed by atoms with van der Waals surface area (Å²) in [4.78, 5) is 12.8. The van der Waals surface area contributed by atoms with Crippen molar-refractivity contribution in [3.05, 3.63) is 102 Å². The van der Waals surface area contributed by atoms with Crippen molar-refractivity contribution in [1.29, 1.82) is 0 Å². The van der Waals surface area contributed by atoms with Crippen LogP contribution in [0.4, 0.5) is 0 Å². The molecule has 0 aromatic heterocycles. The van der Waals surface area contributed by atoms with Crippen LogP contribution in [0.3, 0.4) is 0 Å². The molecule has 0 unspecified atom stereocenters. The van der Waals surface area contributed by atoms with Crippen LogP contribution in [-0.2, 0) is 9.84 Å². The Balaban J connectivity index is 1.90. The van der Waals surface area contributed by atoms with E-state index >= 15 is 0 Å². The summed E-state index contributed by atoms with van der Waals surface area (Å²) in [6, 6.07) is 24.5. The molecule has 0 aliphatic rings. The first kappa shape index (κ1) is 18.9. The minimum atomic E-state index is -3.66. The third kappa shape index (κ3) is 4.26. The van der Waals surface area contributed by atoms with Gasteiger partial charge in [0.05, 0.1) is 4.90 Å². The van der Waals surface area contributed by atoms with Crippen molar-refractivity contribution in [2.75, 3.05) is 6.54 Å². The van der Waals surface area contributed by atoms with E-state index in [1.807, 2.05) is 25.1 Å². The fourth-order valence-corrected chi connectivity index (χ4v) is 4.64. The minimum Gasteiger partial charge on any atom is -0.350 e. The van der Waals surface area contributed by atoms with Crippen LogP contribution in [-0.4, -0.2) is 20.9 Å². The Labute approximate surface area is 159 Å². The van der Waals surface area contributed by atoms with Gasteiger partial charge in [-0.3, -0.25) is 4.79 Å². The molecule has 0 aliphatic heterocycles. The number of hydrogen-bond acceptors (Lipinski definition) is 3. The molecule has 0 spiro atoms. The van der Waals surface area contributed by atoms with Crippen LogP contribution in [0, 0.1) is 6.92 Å². The predicted octanol–water partition coefficient (Wildman–Crippen LogP) is 3.94. The summed E-state index contributed by atoms with van der Waals surface area (Å²) in [7, 11) is -3.66. The number of sulfone groups is 1. The number of amides is 1. The van der Waals surface area contributed by atoms with Gasteiger partial charge in [0.2, 0.25) is 0 Å². The molecule has 3 aromatic carbocycles. The standard InChI is InChI=1S/C22H21NO3S/c1-17-10-8-9-15-20(17)22(24)23-16-21(18-11-4-2-5-12-18)27(25,26)19-13-6-3-7-14-19/h2-15,21H,16H2,1H3,(H,23,24)/t21-/m1/s1. The Hall–Kier alpha value is -2.92. The van der Waals surface area contributed by atoms with Gasteiger partial charge in [0.15, 0.2) is 9.84 Å². The van der Waals surface area contributed by atoms with Gasteiger partial charge in [0, 0.05) is 12.1 Å². The van der Waals surface area contributed by atoms with Crippen molar-refractivity contribution >= 4 is 15.7 Å². The van der Waals surface area contributed by atoms with Crippen molar-refractivity contribution in [2.24, 2.45) is 0 Å². The van der Waals surface area contributed by atoms with E-state index in [9.17, 15) is 13.2 Å². The van der Waals surface area contributed by atoms with Crippen molar-refractivity contribution < 1.29 is 13.2 Å². The van der Waals surface area contributed by atoms with Crippen LogP contribution < -0.4 is 5.32 Å². The van der Waals surface area contributed by atoms with Gasteiger partial charge < -0.3 is 5.32 Å². The first-order chi connectivity index (χ1) is 13.0. The molecule has 3 aromatic rings. The summed E-state index contributed by atoms with van der Waals surface area (Å²) in [5.74, 6) is -0.280. The Bertz CT molecular complexity index is 1020. The molecule has 0 saturated carbocycles. The van der Waals surface area contributed by atoms with Gasteiger partial charge >= 0.3 is 0 Å². The highest BCUT2D eigenvalue weighted by Gasteiger charge is 2.29. The number of carbonyl (C=O) groups is 1. The largest absolute Gasteiger partial charge is 0.350 e. The molecule has 1 N–H and O–H groups in total. The molecule has 0 radical (unpaired) electrons.